The first-order valence-electron chi connectivity index (χ1n) is 5.27. The molecule has 1 N–H and O–H groups in total. The van der Waals surface area contributed by atoms with E-state index in [2.05, 4.69) is 10.1 Å². The standard InChI is InChI=1S/C11H17NO3S2/c1-15-11(13)7-9-3-4-10(16-9)8-12-5-6-17(2)14/h3-4,12H,5-8H2,1-2H3. The van der Waals surface area contributed by atoms with E-state index in [0.29, 0.717) is 12.2 Å². The number of carbonyl (C=O) groups excluding carboxylic acids is 1. The number of rotatable bonds is 7. The Balaban J connectivity index is 2.30. The van der Waals surface area contributed by atoms with Crippen LogP contribution in [0.2, 0.25) is 0 Å². The van der Waals surface area contributed by atoms with Gasteiger partial charge in [-0.2, -0.15) is 0 Å². The third-order valence-electron chi connectivity index (χ3n) is 2.13. The Bertz CT molecular complexity index is 390. The molecule has 0 saturated carbocycles. The summed E-state index contributed by atoms with van der Waals surface area (Å²) in [7, 11) is 0.645. The molecule has 96 valence electrons. The van der Waals surface area contributed by atoms with Gasteiger partial charge in [0.05, 0.1) is 13.5 Å². The summed E-state index contributed by atoms with van der Waals surface area (Å²) in [6.45, 7) is 1.50. The molecule has 1 aromatic rings. The molecule has 1 rings (SSSR count). The van der Waals surface area contributed by atoms with Crippen molar-refractivity contribution in [2.24, 2.45) is 0 Å². The highest BCUT2D eigenvalue weighted by molar-refractivity contribution is 7.84. The molecule has 4 nitrogen and oxygen atoms in total. The largest absolute Gasteiger partial charge is 0.469 e. The van der Waals surface area contributed by atoms with Gasteiger partial charge in [-0.05, 0) is 12.1 Å². The van der Waals surface area contributed by atoms with Crippen LogP contribution >= 0.6 is 11.3 Å². The lowest BCUT2D eigenvalue weighted by molar-refractivity contribution is -0.139. The highest BCUT2D eigenvalue weighted by Gasteiger charge is 2.05. The van der Waals surface area contributed by atoms with Crippen LogP contribution in [-0.4, -0.2) is 35.8 Å². The molecule has 0 bridgehead atoms. The molecule has 0 aliphatic carbocycles. The third-order valence-corrected chi connectivity index (χ3v) is 3.99. The number of hydrogen-bond acceptors (Lipinski definition) is 5. The molecule has 0 saturated heterocycles. The Hall–Kier alpha value is -0.720. The van der Waals surface area contributed by atoms with Crippen LogP contribution in [-0.2, 0) is 33.3 Å². The molecule has 0 aromatic carbocycles. The van der Waals surface area contributed by atoms with E-state index in [4.69, 9.17) is 0 Å². The van der Waals surface area contributed by atoms with Crippen molar-refractivity contribution in [1.82, 2.24) is 5.32 Å². The Morgan fingerprint density at radius 3 is 2.82 bits per heavy atom. The number of ether oxygens (including phenoxy) is 1. The van der Waals surface area contributed by atoms with Crippen molar-refractivity contribution in [1.29, 1.82) is 0 Å². The number of hydrogen-bond donors (Lipinski definition) is 1. The van der Waals surface area contributed by atoms with Gasteiger partial charge >= 0.3 is 5.97 Å². The van der Waals surface area contributed by atoms with Crippen molar-refractivity contribution in [2.45, 2.75) is 13.0 Å². The second kappa shape index (κ2) is 7.58. The fraction of sp³-hybridized carbons (Fsp3) is 0.545. The highest BCUT2D eigenvalue weighted by Crippen LogP contribution is 2.17. The van der Waals surface area contributed by atoms with E-state index in [-0.39, 0.29) is 5.97 Å². The summed E-state index contributed by atoms with van der Waals surface area (Å²) in [6, 6.07) is 3.94. The molecule has 0 radical (unpaired) electrons. The smallest absolute Gasteiger partial charge is 0.310 e. The van der Waals surface area contributed by atoms with Gasteiger partial charge in [0, 0.05) is 45.7 Å². The van der Waals surface area contributed by atoms with E-state index in [0.717, 1.165) is 18.0 Å². The molecule has 6 heteroatoms. The van der Waals surface area contributed by atoms with Gasteiger partial charge in [0.15, 0.2) is 0 Å². The van der Waals surface area contributed by atoms with Crippen molar-refractivity contribution in [3.05, 3.63) is 21.9 Å². The molecule has 1 aromatic heterocycles. The quantitative estimate of drug-likeness (QED) is 0.594. The summed E-state index contributed by atoms with van der Waals surface area (Å²) in [5.41, 5.74) is 0. The molecule has 0 fully saturated rings. The van der Waals surface area contributed by atoms with Crippen molar-refractivity contribution in [3.8, 4) is 0 Å². The van der Waals surface area contributed by atoms with Gasteiger partial charge in [-0.1, -0.05) is 0 Å². The monoisotopic (exact) mass is 275 g/mol. The molecule has 1 unspecified atom stereocenters. The molecule has 0 aliphatic heterocycles. The Labute approximate surface area is 108 Å². The van der Waals surface area contributed by atoms with E-state index in [9.17, 15) is 9.00 Å². The average Bonchev–Trinajstić information content (AvgIpc) is 2.72. The van der Waals surface area contributed by atoms with Gasteiger partial charge in [0.25, 0.3) is 0 Å². The minimum atomic E-state index is -0.748. The first-order chi connectivity index (χ1) is 8.11. The second-order valence-corrected chi connectivity index (χ2v) is 6.38. The third kappa shape index (κ3) is 5.95. The SMILES string of the molecule is COC(=O)Cc1ccc(CNCCS(C)=O)s1. The predicted octanol–water partition coefficient (Wildman–Crippen LogP) is 0.932. The highest BCUT2D eigenvalue weighted by atomic mass is 32.2. The summed E-state index contributed by atoms with van der Waals surface area (Å²) >= 11 is 1.60. The minimum absolute atomic E-state index is 0.215. The molecule has 1 heterocycles. The van der Waals surface area contributed by atoms with Crippen LogP contribution in [0.15, 0.2) is 12.1 Å². The Morgan fingerprint density at radius 2 is 2.18 bits per heavy atom. The predicted molar refractivity (Wildman–Crippen MR) is 70.7 cm³/mol. The van der Waals surface area contributed by atoms with E-state index in [1.807, 2.05) is 12.1 Å². The zero-order valence-electron chi connectivity index (χ0n) is 10.0. The number of thiophene rings is 1. The van der Waals surface area contributed by atoms with Crippen molar-refractivity contribution >= 4 is 28.1 Å². The number of methoxy groups -OCH3 is 1. The lowest BCUT2D eigenvalue weighted by Crippen LogP contribution is -2.18. The van der Waals surface area contributed by atoms with Gasteiger partial charge in [0.1, 0.15) is 0 Å². The van der Waals surface area contributed by atoms with E-state index in [1.165, 1.54) is 12.0 Å². The number of carbonyl (C=O) groups is 1. The summed E-state index contributed by atoms with van der Waals surface area (Å²) < 4.78 is 15.4. The molecule has 0 spiro atoms. The van der Waals surface area contributed by atoms with Gasteiger partial charge in [-0.15, -0.1) is 11.3 Å². The van der Waals surface area contributed by atoms with Crippen LogP contribution in [0.1, 0.15) is 9.75 Å². The lowest BCUT2D eigenvalue weighted by atomic mass is 10.3. The topological polar surface area (TPSA) is 55.4 Å². The molecular formula is C11H17NO3S2. The zero-order chi connectivity index (χ0) is 12.7. The van der Waals surface area contributed by atoms with Gasteiger partial charge in [0.2, 0.25) is 0 Å². The number of nitrogens with one attached hydrogen (secondary N) is 1. The second-order valence-electron chi connectivity index (χ2n) is 3.58. The molecule has 17 heavy (non-hydrogen) atoms. The fourth-order valence-corrected chi connectivity index (χ4v) is 2.66. The van der Waals surface area contributed by atoms with Crippen molar-refractivity contribution in [2.75, 3.05) is 25.7 Å². The first-order valence-corrected chi connectivity index (χ1v) is 7.81. The van der Waals surface area contributed by atoms with Crippen molar-refractivity contribution < 1.29 is 13.7 Å². The average molecular weight is 275 g/mol. The fourth-order valence-electron chi connectivity index (χ4n) is 1.25. The van der Waals surface area contributed by atoms with Crippen LogP contribution in [0, 0.1) is 0 Å². The number of esters is 1. The maximum absolute atomic E-state index is 11.1. The van der Waals surface area contributed by atoms with Crippen LogP contribution in [0.4, 0.5) is 0 Å². The first kappa shape index (κ1) is 14.3. The van der Waals surface area contributed by atoms with E-state index in [1.54, 1.807) is 17.6 Å². The maximum atomic E-state index is 11.1. The van der Waals surface area contributed by atoms with Crippen LogP contribution in [0.3, 0.4) is 0 Å². The molecule has 0 amide bonds. The Morgan fingerprint density at radius 1 is 1.47 bits per heavy atom. The van der Waals surface area contributed by atoms with Crippen LogP contribution in [0.25, 0.3) is 0 Å². The normalized spacial score (nSPS) is 12.4. The molecule has 1 atom stereocenters. The molecular weight excluding hydrogens is 258 g/mol. The van der Waals surface area contributed by atoms with Gasteiger partial charge in [-0.3, -0.25) is 9.00 Å². The zero-order valence-corrected chi connectivity index (χ0v) is 11.7. The van der Waals surface area contributed by atoms with Crippen LogP contribution in [0.5, 0.6) is 0 Å². The maximum Gasteiger partial charge on any atom is 0.310 e. The summed E-state index contributed by atoms with van der Waals surface area (Å²) in [5.74, 6) is 0.452. The van der Waals surface area contributed by atoms with Gasteiger partial charge < -0.3 is 10.1 Å². The summed E-state index contributed by atoms with van der Waals surface area (Å²) in [6.07, 6.45) is 2.03. The molecule has 0 aliphatic rings. The summed E-state index contributed by atoms with van der Waals surface area (Å²) in [5, 5.41) is 3.21. The van der Waals surface area contributed by atoms with Gasteiger partial charge in [-0.25, -0.2) is 0 Å². The summed E-state index contributed by atoms with van der Waals surface area (Å²) in [4.78, 5) is 13.2. The van der Waals surface area contributed by atoms with Crippen LogP contribution < -0.4 is 5.32 Å². The minimum Gasteiger partial charge on any atom is -0.469 e. The van der Waals surface area contributed by atoms with Crippen molar-refractivity contribution in [3.63, 3.8) is 0 Å². The Kier molecular flexibility index (Phi) is 6.39. The van der Waals surface area contributed by atoms with E-state index >= 15 is 0 Å². The van der Waals surface area contributed by atoms with E-state index < -0.39 is 10.8 Å². The lowest BCUT2D eigenvalue weighted by Gasteiger charge is -2.00.